The van der Waals surface area contributed by atoms with Gasteiger partial charge in [0, 0.05) is 29.0 Å². The predicted octanol–water partition coefficient (Wildman–Crippen LogP) is 10.2. The minimum absolute atomic E-state index is 0.0436. The van der Waals surface area contributed by atoms with E-state index in [9.17, 15) is 31.9 Å². The van der Waals surface area contributed by atoms with Crippen molar-refractivity contribution in [2.75, 3.05) is 24.4 Å². The number of nitrogens with zero attached hydrogens (tertiary/aromatic N) is 1. The molecule has 52 heavy (non-hydrogen) atoms. The zero-order chi connectivity index (χ0) is 37.9. The van der Waals surface area contributed by atoms with Crippen LogP contribution in [0.3, 0.4) is 0 Å². The van der Waals surface area contributed by atoms with Crippen molar-refractivity contribution in [2.24, 2.45) is 0 Å². The van der Waals surface area contributed by atoms with Crippen molar-refractivity contribution < 1.29 is 46.2 Å². The van der Waals surface area contributed by atoms with Gasteiger partial charge in [-0.3, -0.25) is 4.90 Å². The summed E-state index contributed by atoms with van der Waals surface area (Å²) in [6, 6.07) is 23.2. The molecule has 0 radical (unpaired) electrons. The van der Waals surface area contributed by atoms with Gasteiger partial charge in [-0.1, -0.05) is 29.8 Å². The van der Waals surface area contributed by atoms with Gasteiger partial charge < -0.3 is 19.5 Å². The number of halogens is 6. The van der Waals surface area contributed by atoms with Crippen LogP contribution in [0.1, 0.15) is 37.4 Å². The van der Waals surface area contributed by atoms with Gasteiger partial charge in [0.1, 0.15) is 29.0 Å². The van der Waals surface area contributed by atoms with E-state index in [1.807, 2.05) is 6.92 Å². The lowest BCUT2D eigenvalue weighted by atomic mass is 10.1. The van der Waals surface area contributed by atoms with E-state index in [-0.39, 0.29) is 40.1 Å². The van der Waals surface area contributed by atoms with Crippen LogP contribution in [0.5, 0.6) is 5.75 Å². The summed E-state index contributed by atoms with van der Waals surface area (Å²) in [5, 5.41) is 2.98. The van der Waals surface area contributed by atoms with Crippen LogP contribution >= 0.6 is 31.9 Å². The molecule has 0 aliphatic carbocycles. The standard InChI is InChI=1S/C23H18BrF2NO4.C15H12BrF2NO2/c1-14-3-8-18(9-4-14)31-23(29)27(17-7-10-20(25)19(24)12-17)13-16-6-5-15(11-21(16)26)22(28)30-2;1-21-15(20)9-2-3-10(14(18)6-9)8-19-11-4-5-13(17)12(16)7-11/h3-12H,13H2,1-2H3;2-7,19H,8H2,1H3. The Kier molecular flexibility index (Phi) is 14.0. The van der Waals surface area contributed by atoms with Gasteiger partial charge in [0.05, 0.1) is 40.8 Å². The maximum atomic E-state index is 14.6. The minimum Gasteiger partial charge on any atom is -0.465 e. The van der Waals surface area contributed by atoms with Gasteiger partial charge in [0.15, 0.2) is 0 Å². The summed E-state index contributed by atoms with van der Waals surface area (Å²) < 4.78 is 70.3. The van der Waals surface area contributed by atoms with E-state index >= 15 is 0 Å². The number of anilines is 2. The van der Waals surface area contributed by atoms with Gasteiger partial charge in [-0.25, -0.2) is 31.9 Å². The van der Waals surface area contributed by atoms with Gasteiger partial charge in [-0.2, -0.15) is 0 Å². The van der Waals surface area contributed by atoms with Crippen molar-refractivity contribution in [3.8, 4) is 5.75 Å². The second kappa shape index (κ2) is 18.3. The fraction of sp³-hybridized carbons (Fsp3) is 0.132. The molecule has 0 aliphatic rings. The molecule has 5 rings (SSSR count). The highest BCUT2D eigenvalue weighted by Crippen LogP contribution is 2.27. The Labute approximate surface area is 313 Å². The average molecular weight is 846 g/mol. The lowest BCUT2D eigenvalue weighted by Crippen LogP contribution is -2.33. The Bertz CT molecular complexity index is 2080. The third-order valence-electron chi connectivity index (χ3n) is 7.34. The number of nitrogens with one attached hydrogen (secondary N) is 1. The molecule has 1 amide bonds. The second-order valence-corrected chi connectivity index (χ2v) is 12.7. The highest BCUT2D eigenvalue weighted by atomic mass is 79.9. The van der Waals surface area contributed by atoms with Crippen molar-refractivity contribution in [3.63, 3.8) is 0 Å². The van der Waals surface area contributed by atoms with E-state index in [2.05, 4.69) is 46.7 Å². The highest BCUT2D eigenvalue weighted by molar-refractivity contribution is 9.10. The van der Waals surface area contributed by atoms with E-state index < -0.39 is 35.5 Å². The van der Waals surface area contributed by atoms with Crippen LogP contribution in [0.25, 0.3) is 0 Å². The van der Waals surface area contributed by atoms with E-state index in [0.717, 1.165) is 17.7 Å². The molecule has 0 fully saturated rings. The lowest BCUT2D eigenvalue weighted by Gasteiger charge is -2.23. The van der Waals surface area contributed by atoms with Gasteiger partial charge in [0.25, 0.3) is 0 Å². The number of carbonyl (C=O) groups is 3. The number of carbonyl (C=O) groups excluding carboxylic acids is 3. The summed E-state index contributed by atoms with van der Waals surface area (Å²) in [6.07, 6.45) is -0.779. The number of hydrogen-bond acceptors (Lipinski definition) is 7. The summed E-state index contributed by atoms with van der Waals surface area (Å²) in [4.78, 5) is 37.0. The number of benzene rings is 5. The second-order valence-electron chi connectivity index (χ2n) is 10.9. The largest absolute Gasteiger partial charge is 0.465 e. The van der Waals surface area contributed by atoms with Gasteiger partial charge in [0.2, 0.25) is 0 Å². The number of methoxy groups -OCH3 is 2. The monoisotopic (exact) mass is 844 g/mol. The number of hydrogen-bond donors (Lipinski definition) is 1. The molecular weight excluding hydrogens is 816 g/mol. The van der Waals surface area contributed by atoms with Gasteiger partial charge in [-0.15, -0.1) is 0 Å². The van der Waals surface area contributed by atoms with Crippen LogP contribution < -0.4 is 15.0 Å². The molecule has 0 atom stereocenters. The first-order chi connectivity index (χ1) is 24.8. The molecule has 0 spiro atoms. The Morgan fingerprint density at radius 1 is 0.654 bits per heavy atom. The fourth-order valence-corrected chi connectivity index (χ4v) is 5.25. The molecule has 14 heteroatoms. The molecule has 0 saturated heterocycles. The molecule has 0 unspecified atom stereocenters. The molecule has 1 N–H and O–H groups in total. The summed E-state index contributed by atoms with van der Waals surface area (Å²) in [6.45, 7) is 1.90. The van der Waals surface area contributed by atoms with Crippen molar-refractivity contribution >= 4 is 61.3 Å². The van der Waals surface area contributed by atoms with Crippen molar-refractivity contribution in [2.45, 2.75) is 20.0 Å². The van der Waals surface area contributed by atoms with Crippen LogP contribution in [0.2, 0.25) is 0 Å². The highest BCUT2D eigenvalue weighted by Gasteiger charge is 2.22. The third-order valence-corrected chi connectivity index (χ3v) is 8.56. The summed E-state index contributed by atoms with van der Waals surface area (Å²) in [7, 11) is 2.44. The van der Waals surface area contributed by atoms with E-state index in [0.29, 0.717) is 27.2 Å². The zero-order valence-corrected chi connectivity index (χ0v) is 31.0. The van der Waals surface area contributed by atoms with E-state index in [4.69, 9.17) is 4.74 Å². The smallest absolute Gasteiger partial charge is 0.420 e. The van der Waals surface area contributed by atoms with E-state index in [1.165, 1.54) is 67.7 Å². The predicted molar refractivity (Wildman–Crippen MR) is 194 cm³/mol. The molecule has 0 aliphatic heterocycles. The number of ether oxygens (including phenoxy) is 3. The summed E-state index contributed by atoms with van der Waals surface area (Å²) in [5.41, 5.74) is 2.66. The van der Waals surface area contributed by atoms with Crippen LogP contribution in [0.4, 0.5) is 33.7 Å². The minimum atomic E-state index is -0.779. The number of rotatable bonds is 9. The van der Waals surface area contributed by atoms with Crippen LogP contribution in [0.15, 0.2) is 106 Å². The van der Waals surface area contributed by atoms with Crippen molar-refractivity contribution in [1.82, 2.24) is 0 Å². The zero-order valence-electron chi connectivity index (χ0n) is 27.8. The summed E-state index contributed by atoms with van der Waals surface area (Å²) in [5.74, 6) is -3.04. The topological polar surface area (TPSA) is 94.2 Å². The van der Waals surface area contributed by atoms with Crippen LogP contribution in [-0.2, 0) is 22.6 Å². The first-order valence-corrected chi connectivity index (χ1v) is 16.8. The molecular formula is C38H30Br2F4N2O6. The third kappa shape index (κ3) is 10.7. The molecule has 5 aromatic carbocycles. The maximum Gasteiger partial charge on any atom is 0.420 e. The number of esters is 2. The molecule has 0 bridgehead atoms. The fourth-order valence-electron chi connectivity index (χ4n) is 4.51. The number of aryl methyl sites for hydroxylation is 1. The van der Waals surface area contributed by atoms with Crippen molar-refractivity contribution in [3.05, 3.63) is 157 Å². The van der Waals surface area contributed by atoms with Gasteiger partial charge in [-0.05, 0) is 112 Å². The molecule has 0 heterocycles. The molecule has 270 valence electrons. The number of amides is 1. The van der Waals surface area contributed by atoms with Crippen LogP contribution in [-0.4, -0.2) is 32.3 Å². The first-order valence-electron chi connectivity index (χ1n) is 15.2. The summed E-state index contributed by atoms with van der Waals surface area (Å²) >= 11 is 6.17. The SMILES string of the molecule is COC(=O)c1ccc(CN(C(=O)Oc2ccc(C)cc2)c2ccc(F)c(Br)c2)c(F)c1.COC(=O)c1ccc(CNc2ccc(F)c(Br)c2)c(F)c1. The Morgan fingerprint density at radius 2 is 1.19 bits per heavy atom. The normalized spacial score (nSPS) is 10.4. The van der Waals surface area contributed by atoms with Gasteiger partial charge >= 0.3 is 18.0 Å². The molecule has 8 nitrogen and oxygen atoms in total. The molecule has 0 saturated carbocycles. The first kappa shape index (κ1) is 39.6. The lowest BCUT2D eigenvalue weighted by molar-refractivity contribution is 0.0591. The van der Waals surface area contributed by atoms with Crippen LogP contribution in [0, 0.1) is 30.2 Å². The molecule has 0 aromatic heterocycles. The Hall–Kier alpha value is -5.21. The Morgan fingerprint density at radius 3 is 1.71 bits per heavy atom. The molecule has 5 aromatic rings. The average Bonchev–Trinajstić information content (AvgIpc) is 3.13. The quantitative estimate of drug-likeness (QED) is 0.117. The van der Waals surface area contributed by atoms with Crippen molar-refractivity contribution in [1.29, 1.82) is 0 Å². The Balaban J connectivity index is 0.000000251. The van der Waals surface area contributed by atoms with E-state index in [1.54, 1.807) is 36.4 Å². The maximum absolute atomic E-state index is 14.6.